The molecule has 1 atom stereocenters. The number of hydrogen-bond donors (Lipinski definition) is 1. The fourth-order valence-corrected chi connectivity index (χ4v) is 1.63. The highest BCUT2D eigenvalue weighted by Crippen LogP contribution is 2.08. The third kappa shape index (κ3) is 3.51. The van der Waals surface area contributed by atoms with Crippen LogP contribution in [0.4, 0.5) is 0 Å². The number of hydrogen-bond acceptors (Lipinski definition) is 4. The lowest BCUT2D eigenvalue weighted by Crippen LogP contribution is -2.39. The Balaban J connectivity index is 2.45. The molecule has 0 fully saturated rings. The Morgan fingerprint density at radius 1 is 1.69 bits per heavy atom. The predicted octanol–water partition coefficient (Wildman–Crippen LogP) is 1.60. The van der Waals surface area contributed by atoms with Gasteiger partial charge in [-0.2, -0.15) is 0 Å². The second kappa shape index (κ2) is 6.07. The molecular weight excluding hydrogens is 226 g/mol. The summed E-state index contributed by atoms with van der Waals surface area (Å²) in [6.45, 7) is 5.16. The molecule has 16 heavy (non-hydrogen) atoms. The van der Waals surface area contributed by atoms with E-state index in [9.17, 15) is 9.59 Å². The number of esters is 1. The van der Waals surface area contributed by atoms with Gasteiger partial charge >= 0.3 is 5.97 Å². The zero-order valence-corrected chi connectivity index (χ0v) is 9.75. The van der Waals surface area contributed by atoms with Crippen molar-refractivity contribution in [2.45, 2.75) is 13.0 Å². The Morgan fingerprint density at radius 2 is 2.44 bits per heavy atom. The maximum Gasteiger partial charge on any atom is 0.328 e. The van der Waals surface area contributed by atoms with Gasteiger partial charge in [-0.1, -0.05) is 18.7 Å². The van der Waals surface area contributed by atoms with E-state index in [0.29, 0.717) is 4.88 Å². The molecule has 0 radical (unpaired) electrons. The second-order valence-corrected chi connectivity index (χ2v) is 4.04. The minimum atomic E-state index is -0.658. The molecule has 5 heteroatoms. The lowest BCUT2D eigenvalue weighted by Gasteiger charge is -2.11. The molecular formula is C11H13NO3S. The number of amides is 1. The Morgan fingerprint density at radius 3 is 3.00 bits per heavy atom. The van der Waals surface area contributed by atoms with Crippen LogP contribution in [0.15, 0.2) is 30.2 Å². The standard InChI is InChI=1S/C11H13NO3S/c1-3-6-15-11(14)8(2)12-10(13)9-5-4-7-16-9/h3-5,7-8H,1,6H2,2H3,(H,12,13)/t8-/m0/s1. The maximum atomic E-state index is 11.6. The zero-order valence-electron chi connectivity index (χ0n) is 8.93. The van der Waals surface area contributed by atoms with Gasteiger partial charge in [-0.25, -0.2) is 4.79 Å². The molecule has 1 rings (SSSR count). The minimum Gasteiger partial charge on any atom is -0.460 e. The van der Waals surface area contributed by atoms with Gasteiger partial charge in [-0.05, 0) is 18.4 Å². The monoisotopic (exact) mass is 239 g/mol. The van der Waals surface area contributed by atoms with Crippen LogP contribution in [-0.2, 0) is 9.53 Å². The lowest BCUT2D eigenvalue weighted by atomic mass is 10.3. The summed E-state index contributed by atoms with van der Waals surface area (Å²) in [5.41, 5.74) is 0. The highest BCUT2D eigenvalue weighted by Gasteiger charge is 2.17. The van der Waals surface area contributed by atoms with E-state index in [-0.39, 0.29) is 12.5 Å². The number of thiophene rings is 1. The Kier molecular flexibility index (Phi) is 4.72. The average Bonchev–Trinajstić information content (AvgIpc) is 2.79. The van der Waals surface area contributed by atoms with Crippen LogP contribution in [0.2, 0.25) is 0 Å². The summed E-state index contributed by atoms with van der Waals surface area (Å²) in [5.74, 6) is -0.733. The number of carbonyl (C=O) groups is 2. The normalized spacial score (nSPS) is 11.6. The molecule has 86 valence electrons. The van der Waals surface area contributed by atoms with Gasteiger partial charge in [0.2, 0.25) is 0 Å². The highest BCUT2D eigenvalue weighted by atomic mass is 32.1. The first-order valence-electron chi connectivity index (χ1n) is 4.77. The maximum absolute atomic E-state index is 11.6. The van der Waals surface area contributed by atoms with Crippen molar-refractivity contribution >= 4 is 23.2 Å². The van der Waals surface area contributed by atoms with Crippen molar-refractivity contribution in [3.8, 4) is 0 Å². The van der Waals surface area contributed by atoms with Gasteiger partial charge in [0.05, 0.1) is 4.88 Å². The molecule has 0 aliphatic rings. The van der Waals surface area contributed by atoms with E-state index in [2.05, 4.69) is 11.9 Å². The van der Waals surface area contributed by atoms with Crippen molar-refractivity contribution < 1.29 is 14.3 Å². The molecule has 0 aliphatic carbocycles. The molecule has 1 N–H and O–H groups in total. The van der Waals surface area contributed by atoms with Gasteiger partial charge in [0, 0.05) is 0 Å². The van der Waals surface area contributed by atoms with Crippen LogP contribution in [0.5, 0.6) is 0 Å². The summed E-state index contributed by atoms with van der Waals surface area (Å²) in [5, 5.41) is 4.35. The van der Waals surface area contributed by atoms with E-state index in [1.165, 1.54) is 17.4 Å². The molecule has 0 spiro atoms. The van der Waals surface area contributed by atoms with Crippen LogP contribution >= 0.6 is 11.3 Å². The average molecular weight is 239 g/mol. The van der Waals surface area contributed by atoms with E-state index in [4.69, 9.17) is 4.74 Å². The van der Waals surface area contributed by atoms with Gasteiger partial charge in [-0.3, -0.25) is 4.79 Å². The fraction of sp³-hybridized carbons (Fsp3) is 0.273. The van der Waals surface area contributed by atoms with Crippen molar-refractivity contribution in [3.63, 3.8) is 0 Å². The quantitative estimate of drug-likeness (QED) is 0.627. The molecule has 1 heterocycles. The summed E-state index contributed by atoms with van der Waals surface area (Å²) in [4.78, 5) is 23.5. The van der Waals surface area contributed by atoms with Gasteiger partial charge in [0.1, 0.15) is 12.6 Å². The van der Waals surface area contributed by atoms with E-state index >= 15 is 0 Å². The minimum absolute atomic E-state index is 0.151. The van der Waals surface area contributed by atoms with Crippen LogP contribution in [-0.4, -0.2) is 24.5 Å². The number of rotatable bonds is 5. The van der Waals surface area contributed by atoms with Gasteiger partial charge < -0.3 is 10.1 Å². The number of ether oxygens (including phenoxy) is 1. The number of carbonyl (C=O) groups excluding carboxylic acids is 2. The van der Waals surface area contributed by atoms with Gasteiger partial charge in [0.25, 0.3) is 5.91 Å². The van der Waals surface area contributed by atoms with Crippen molar-refractivity contribution in [3.05, 3.63) is 35.0 Å². The molecule has 0 unspecified atom stereocenters. The van der Waals surface area contributed by atoms with Crippen LogP contribution in [0, 0.1) is 0 Å². The van der Waals surface area contributed by atoms with Crippen LogP contribution < -0.4 is 5.32 Å². The summed E-state index contributed by atoms with van der Waals surface area (Å²) >= 11 is 1.32. The molecule has 0 saturated heterocycles. The van der Waals surface area contributed by atoms with E-state index in [1.54, 1.807) is 24.4 Å². The smallest absolute Gasteiger partial charge is 0.328 e. The first-order chi connectivity index (χ1) is 7.65. The van der Waals surface area contributed by atoms with Crippen molar-refractivity contribution in [2.75, 3.05) is 6.61 Å². The molecule has 1 amide bonds. The first kappa shape index (κ1) is 12.4. The van der Waals surface area contributed by atoms with Crippen molar-refractivity contribution in [2.24, 2.45) is 0 Å². The summed E-state index contributed by atoms with van der Waals surface area (Å²) in [7, 11) is 0. The summed E-state index contributed by atoms with van der Waals surface area (Å²) in [6, 6.07) is 2.82. The highest BCUT2D eigenvalue weighted by molar-refractivity contribution is 7.12. The molecule has 1 aromatic heterocycles. The summed E-state index contributed by atoms with van der Waals surface area (Å²) in [6.07, 6.45) is 1.48. The van der Waals surface area contributed by atoms with Crippen molar-refractivity contribution in [1.29, 1.82) is 0 Å². The van der Waals surface area contributed by atoms with Crippen molar-refractivity contribution in [1.82, 2.24) is 5.32 Å². The number of nitrogens with one attached hydrogen (secondary N) is 1. The SMILES string of the molecule is C=CCOC(=O)[C@H](C)NC(=O)c1cccs1. The van der Waals surface area contributed by atoms with E-state index in [1.807, 2.05) is 0 Å². The van der Waals surface area contributed by atoms with Crippen LogP contribution in [0.3, 0.4) is 0 Å². The first-order valence-corrected chi connectivity index (χ1v) is 5.65. The fourth-order valence-electron chi connectivity index (χ4n) is 1.00. The third-order valence-corrected chi connectivity index (χ3v) is 2.66. The zero-order chi connectivity index (χ0) is 12.0. The van der Waals surface area contributed by atoms with E-state index in [0.717, 1.165) is 0 Å². The Hall–Kier alpha value is -1.62. The Labute approximate surface area is 97.9 Å². The summed E-state index contributed by atoms with van der Waals surface area (Å²) < 4.78 is 4.80. The van der Waals surface area contributed by atoms with Crippen LogP contribution in [0.25, 0.3) is 0 Å². The second-order valence-electron chi connectivity index (χ2n) is 3.09. The van der Waals surface area contributed by atoms with Crippen LogP contribution in [0.1, 0.15) is 16.6 Å². The molecule has 1 aromatic rings. The molecule has 0 aliphatic heterocycles. The third-order valence-electron chi connectivity index (χ3n) is 1.79. The van der Waals surface area contributed by atoms with Gasteiger partial charge in [-0.15, -0.1) is 11.3 Å². The Bertz CT molecular complexity index is 373. The molecule has 0 aromatic carbocycles. The van der Waals surface area contributed by atoms with Gasteiger partial charge in [0.15, 0.2) is 0 Å². The molecule has 4 nitrogen and oxygen atoms in total. The van der Waals surface area contributed by atoms with E-state index < -0.39 is 12.0 Å². The largest absolute Gasteiger partial charge is 0.460 e. The molecule has 0 saturated carbocycles. The lowest BCUT2D eigenvalue weighted by molar-refractivity contribution is -0.144. The predicted molar refractivity (Wildman–Crippen MR) is 62.4 cm³/mol. The topological polar surface area (TPSA) is 55.4 Å². The molecule has 0 bridgehead atoms.